The molecule has 0 aliphatic carbocycles. The molecule has 1 amide bonds. The van der Waals surface area contributed by atoms with Crippen molar-refractivity contribution < 1.29 is 4.79 Å². The van der Waals surface area contributed by atoms with Crippen molar-refractivity contribution in [2.45, 2.75) is 19.9 Å². The van der Waals surface area contributed by atoms with Crippen molar-refractivity contribution >= 4 is 33.2 Å². The van der Waals surface area contributed by atoms with Gasteiger partial charge < -0.3 is 5.32 Å². The van der Waals surface area contributed by atoms with Gasteiger partial charge in [0.2, 0.25) is 0 Å². The molecule has 0 radical (unpaired) electrons. The van der Waals surface area contributed by atoms with Gasteiger partial charge in [-0.2, -0.15) is 0 Å². The molecule has 0 bridgehead atoms. The highest BCUT2D eigenvalue weighted by Crippen LogP contribution is 2.18. The van der Waals surface area contributed by atoms with E-state index in [-0.39, 0.29) is 11.9 Å². The summed E-state index contributed by atoms with van der Waals surface area (Å²) in [7, 11) is 0. The molecule has 0 saturated carbocycles. The highest BCUT2D eigenvalue weighted by atomic mass is 79.9. The first-order valence-corrected chi connectivity index (χ1v) is 5.12. The van der Waals surface area contributed by atoms with Gasteiger partial charge in [-0.1, -0.05) is 0 Å². The first kappa shape index (κ1) is 9.67. The molecule has 1 heterocycles. The van der Waals surface area contributed by atoms with Gasteiger partial charge in [0.1, 0.15) is 4.88 Å². The average Bonchev–Trinajstić information content (AvgIpc) is 2.34. The molecule has 0 fully saturated rings. The van der Waals surface area contributed by atoms with Gasteiger partial charge in [0.25, 0.3) is 5.91 Å². The number of carbonyl (C=O) groups is 1. The number of nitrogens with zero attached hydrogens (tertiary/aromatic N) is 1. The summed E-state index contributed by atoms with van der Waals surface area (Å²) in [4.78, 5) is 15.9. The number of amides is 1. The molecule has 0 saturated heterocycles. The second kappa shape index (κ2) is 4.00. The molecule has 66 valence electrons. The molecule has 0 spiro atoms. The molecular formula is C7H9BrN2OS. The lowest BCUT2D eigenvalue weighted by atomic mass is 10.4. The fourth-order valence-electron chi connectivity index (χ4n) is 0.691. The summed E-state index contributed by atoms with van der Waals surface area (Å²) >= 11 is 4.53. The standard InChI is InChI=1S/C7H9BrN2OS/c1-4(2)10-6(11)5-3-9-7(8)12-5/h3-4H,1-2H3,(H,10,11). The molecule has 0 aromatic carbocycles. The minimum atomic E-state index is -0.0619. The maximum atomic E-state index is 11.3. The van der Waals surface area contributed by atoms with Crippen LogP contribution in [0.5, 0.6) is 0 Å². The summed E-state index contributed by atoms with van der Waals surface area (Å²) in [6.45, 7) is 3.85. The minimum Gasteiger partial charge on any atom is -0.349 e. The maximum absolute atomic E-state index is 11.3. The first-order valence-electron chi connectivity index (χ1n) is 3.52. The zero-order chi connectivity index (χ0) is 9.14. The normalized spacial score (nSPS) is 10.3. The number of aromatic nitrogens is 1. The average molecular weight is 249 g/mol. The van der Waals surface area contributed by atoms with Crippen LogP contribution in [0, 0.1) is 0 Å². The van der Waals surface area contributed by atoms with E-state index >= 15 is 0 Å². The zero-order valence-corrected chi connectivity index (χ0v) is 9.20. The first-order chi connectivity index (χ1) is 5.59. The third kappa shape index (κ3) is 2.57. The summed E-state index contributed by atoms with van der Waals surface area (Å²) in [6.07, 6.45) is 1.56. The molecule has 0 atom stereocenters. The van der Waals surface area contributed by atoms with Crippen LogP contribution in [-0.4, -0.2) is 16.9 Å². The Hall–Kier alpha value is -0.420. The van der Waals surface area contributed by atoms with Gasteiger partial charge >= 0.3 is 0 Å². The van der Waals surface area contributed by atoms with Crippen LogP contribution in [0.15, 0.2) is 10.1 Å². The van der Waals surface area contributed by atoms with E-state index in [1.165, 1.54) is 11.3 Å². The van der Waals surface area contributed by atoms with Crippen molar-refractivity contribution in [2.24, 2.45) is 0 Å². The van der Waals surface area contributed by atoms with E-state index in [1.807, 2.05) is 13.8 Å². The monoisotopic (exact) mass is 248 g/mol. The van der Waals surface area contributed by atoms with Crippen LogP contribution in [0.25, 0.3) is 0 Å². The fourth-order valence-corrected chi connectivity index (χ4v) is 1.86. The van der Waals surface area contributed by atoms with Gasteiger partial charge in [-0.15, -0.1) is 11.3 Å². The van der Waals surface area contributed by atoms with Crippen molar-refractivity contribution in [3.8, 4) is 0 Å². The van der Waals surface area contributed by atoms with E-state index in [9.17, 15) is 4.79 Å². The van der Waals surface area contributed by atoms with Crippen LogP contribution in [0.1, 0.15) is 23.5 Å². The molecule has 12 heavy (non-hydrogen) atoms. The summed E-state index contributed by atoms with van der Waals surface area (Å²) in [5, 5.41) is 2.78. The molecule has 1 aromatic heterocycles. The lowest BCUT2D eigenvalue weighted by Crippen LogP contribution is -2.29. The highest BCUT2D eigenvalue weighted by molar-refractivity contribution is 9.11. The van der Waals surface area contributed by atoms with E-state index in [2.05, 4.69) is 26.2 Å². The molecule has 1 aromatic rings. The van der Waals surface area contributed by atoms with Gasteiger partial charge in [-0.25, -0.2) is 4.98 Å². The lowest BCUT2D eigenvalue weighted by Gasteiger charge is -2.04. The van der Waals surface area contributed by atoms with Crippen molar-refractivity contribution in [1.82, 2.24) is 10.3 Å². The smallest absolute Gasteiger partial charge is 0.263 e. The predicted molar refractivity (Wildman–Crippen MR) is 52.4 cm³/mol. The van der Waals surface area contributed by atoms with Gasteiger partial charge in [0.15, 0.2) is 3.92 Å². The Morgan fingerprint density at radius 3 is 2.83 bits per heavy atom. The Morgan fingerprint density at radius 2 is 2.42 bits per heavy atom. The summed E-state index contributed by atoms with van der Waals surface area (Å²) in [5.41, 5.74) is 0. The molecule has 1 N–H and O–H groups in total. The topological polar surface area (TPSA) is 42.0 Å². The summed E-state index contributed by atoms with van der Waals surface area (Å²) < 4.78 is 0.733. The SMILES string of the molecule is CC(C)NC(=O)c1cnc(Br)s1. The third-order valence-corrected chi connectivity index (χ3v) is 2.60. The number of nitrogens with one attached hydrogen (secondary N) is 1. The predicted octanol–water partition coefficient (Wildman–Crippen LogP) is 2.04. The van der Waals surface area contributed by atoms with Gasteiger partial charge in [-0.3, -0.25) is 4.79 Å². The van der Waals surface area contributed by atoms with Crippen LogP contribution in [0.2, 0.25) is 0 Å². The van der Waals surface area contributed by atoms with E-state index in [0.717, 1.165) is 3.92 Å². The number of hydrogen-bond acceptors (Lipinski definition) is 3. The fraction of sp³-hybridized carbons (Fsp3) is 0.429. The Bertz CT molecular complexity index is 285. The maximum Gasteiger partial charge on any atom is 0.263 e. The van der Waals surface area contributed by atoms with Crippen LogP contribution >= 0.6 is 27.3 Å². The second-order valence-corrected chi connectivity index (χ2v) is 4.91. The molecule has 3 nitrogen and oxygen atoms in total. The largest absolute Gasteiger partial charge is 0.349 e. The Balaban J connectivity index is 2.65. The second-order valence-electron chi connectivity index (χ2n) is 2.61. The van der Waals surface area contributed by atoms with Crippen LogP contribution in [0.4, 0.5) is 0 Å². The van der Waals surface area contributed by atoms with Crippen LogP contribution < -0.4 is 5.32 Å². The highest BCUT2D eigenvalue weighted by Gasteiger charge is 2.09. The molecular weight excluding hydrogens is 240 g/mol. The Kier molecular flexibility index (Phi) is 3.22. The number of rotatable bonds is 2. The lowest BCUT2D eigenvalue weighted by molar-refractivity contribution is 0.0947. The zero-order valence-electron chi connectivity index (χ0n) is 6.80. The molecule has 0 unspecified atom stereocenters. The molecule has 0 aliphatic rings. The van der Waals surface area contributed by atoms with Crippen molar-refractivity contribution in [3.63, 3.8) is 0 Å². The van der Waals surface area contributed by atoms with E-state index < -0.39 is 0 Å². The van der Waals surface area contributed by atoms with Gasteiger partial charge in [-0.05, 0) is 29.8 Å². The van der Waals surface area contributed by atoms with Crippen LogP contribution in [-0.2, 0) is 0 Å². The van der Waals surface area contributed by atoms with Crippen LogP contribution in [0.3, 0.4) is 0 Å². The number of carbonyl (C=O) groups excluding carboxylic acids is 1. The number of hydrogen-bond donors (Lipinski definition) is 1. The summed E-state index contributed by atoms with van der Waals surface area (Å²) in [5.74, 6) is -0.0619. The number of thiazole rings is 1. The Morgan fingerprint density at radius 1 is 1.75 bits per heavy atom. The molecule has 5 heteroatoms. The Labute approximate surface area is 83.3 Å². The van der Waals surface area contributed by atoms with Crippen molar-refractivity contribution in [3.05, 3.63) is 15.0 Å². The quantitative estimate of drug-likeness (QED) is 0.871. The van der Waals surface area contributed by atoms with Crippen molar-refractivity contribution in [2.75, 3.05) is 0 Å². The van der Waals surface area contributed by atoms with Gasteiger partial charge in [0.05, 0.1) is 6.20 Å². The minimum absolute atomic E-state index is 0.0619. The van der Waals surface area contributed by atoms with E-state index in [1.54, 1.807) is 6.20 Å². The van der Waals surface area contributed by atoms with E-state index in [4.69, 9.17) is 0 Å². The molecule has 0 aliphatic heterocycles. The third-order valence-electron chi connectivity index (χ3n) is 1.12. The number of halogens is 1. The van der Waals surface area contributed by atoms with E-state index in [0.29, 0.717) is 4.88 Å². The van der Waals surface area contributed by atoms with Crippen molar-refractivity contribution in [1.29, 1.82) is 0 Å². The molecule has 1 rings (SSSR count). The summed E-state index contributed by atoms with van der Waals surface area (Å²) in [6, 6.07) is 0.165. The van der Waals surface area contributed by atoms with Gasteiger partial charge in [0, 0.05) is 6.04 Å².